The van der Waals surface area contributed by atoms with Crippen LogP contribution < -0.4 is 15.4 Å². The number of rotatable bonds is 12. The average molecular weight is 457 g/mol. The van der Waals surface area contributed by atoms with Crippen LogP contribution in [0.25, 0.3) is 0 Å². The third-order valence-corrected chi connectivity index (χ3v) is 4.75. The van der Waals surface area contributed by atoms with Crippen LogP contribution in [0.2, 0.25) is 0 Å². The highest BCUT2D eigenvalue weighted by molar-refractivity contribution is 7.80. The third kappa shape index (κ3) is 10.9. The van der Waals surface area contributed by atoms with Crippen molar-refractivity contribution in [1.82, 2.24) is 10.6 Å². The van der Waals surface area contributed by atoms with Gasteiger partial charge in [0.25, 0.3) is 0 Å². The summed E-state index contributed by atoms with van der Waals surface area (Å²) in [5.74, 6) is 0.311. The van der Waals surface area contributed by atoms with Gasteiger partial charge in [0.2, 0.25) is 5.91 Å². The van der Waals surface area contributed by atoms with Gasteiger partial charge >= 0.3 is 5.97 Å². The zero-order valence-electron chi connectivity index (χ0n) is 18.8. The second kappa shape index (κ2) is 14.2. The molecule has 0 fully saturated rings. The first-order valence-electron chi connectivity index (χ1n) is 10.9. The predicted octanol–water partition coefficient (Wildman–Crippen LogP) is 4.31. The van der Waals surface area contributed by atoms with Crippen LogP contribution in [0.5, 0.6) is 5.75 Å². The summed E-state index contributed by atoms with van der Waals surface area (Å²) in [6.45, 7) is 4.84. The Labute approximate surface area is 195 Å². The van der Waals surface area contributed by atoms with E-state index in [0.29, 0.717) is 19.6 Å². The van der Waals surface area contributed by atoms with Crippen LogP contribution in [-0.4, -0.2) is 29.7 Å². The minimum Gasteiger partial charge on any atom is -0.491 e. The van der Waals surface area contributed by atoms with Crippen molar-refractivity contribution in [3.05, 3.63) is 65.7 Å². The number of amides is 1. The third-order valence-electron chi connectivity index (χ3n) is 4.50. The van der Waals surface area contributed by atoms with Gasteiger partial charge in [-0.2, -0.15) is 0 Å². The van der Waals surface area contributed by atoms with Crippen molar-refractivity contribution >= 4 is 29.2 Å². The second-order valence-electron chi connectivity index (χ2n) is 7.70. The van der Waals surface area contributed by atoms with Crippen molar-refractivity contribution in [3.8, 4) is 5.75 Å². The molecule has 0 saturated carbocycles. The van der Waals surface area contributed by atoms with Crippen molar-refractivity contribution in [2.24, 2.45) is 0 Å². The van der Waals surface area contributed by atoms with E-state index in [1.807, 2.05) is 56.3 Å². The van der Waals surface area contributed by atoms with Crippen molar-refractivity contribution in [1.29, 1.82) is 0 Å². The second-order valence-corrected chi connectivity index (χ2v) is 8.11. The smallest absolute Gasteiger partial charge is 0.305 e. The Morgan fingerprint density at radius 1 is 0.938 bits per heavy atom. The molecule has 0 aliphatic rings. The summed E-state index contributed by atoms with van der Waals surface area (Å²) in [7, 11) is 0. The molecule has 172 valence electrons. The normalized spacial score (nSPS) is 10.5. The molecule has 0 aromatic heterocycles. The lowest BCUT2D eigenvalue weighted by Crippen LogP contribution is -2.38. The van der Waals surface area contributed by atoms with E-state index in [9.17, 15) is 9.59 Å². The Morgan fingerprint density at radius 2 is 1.66 bits per heavy atom. The molecule has 2 aromatic carbocycles. The van der Waals surface area contributed by atoms with Crippen LogP contribution in [0.15, 0.2) is 54.6 Å². The quantitative estimate of drug-likeness (QED) is 0.282. The standard InChI is InChI=1S/C25H32N2O4S/c1-19(2)31-22-15-13-21(14-16-22)18-26-25(32)27-23(28)11-6-12-24(29)30-17-7-10-20-8-4-3-5-9-20/h3-5,8-9,13-16,19H,6-7,10-12,17-18H2,1-2H3,(H2,26,27,28,32). The van der Waals surface area contributed by atoms with Gasteiger partial charge in [0.15, 0.2) is 5.11 Å². The van der Waals surface area contributed by atoms with Gasteiger partial charge in [-0.05, 0) is 68.6 Å². The molecule has 0 atom stereocenters. The highest BCUT2D eigenvalue weighted by Crippen LogP contribution is 2.13. The number of ether oxygens (including phenoxy) is 2. The van der Waals surface area contributed by atoms with E-state index in [1.165, 1.54) is 5.56 Å². The summed E-state index contributed by atoms with van der Waals surface area (Å²) in [4.78, 5) is 23.8. The van der Waals surface area contributed by atoms with Crippen LogP contribution in [0.3, 0.4) is 0 Å². The summed E-state index contributed by atoms with van der Waals surface area (Å²) < 4.78 is 10.8. The van der Waals surface area contributed by atoms with Crippen molar-refractivity contribution in [2.75, 3.05) is 6.61 Å². The largest absolute Gasteiger partial charge is 0.491 e. The van der Waals surface area contributed by atoms with E-state index >= 15 is 0 Å². The maximum Gasteiger partial charge on any atom is 0.305 e. The molecule has 0 aliphatic carbocycles. The van der Waals surface area contributed by atoms with E-state index in [1.54, 1.807) is 0 Å². The Hall–Kier alpha value is -2.93. The molecule has 0 spiro atoms. The SMILES string of the molecule is CC(C)Oc1ccc(CNC(=S)NC(=O)CCCC(=O)OCCCc2ccccc2)cc1. The number of hydrogen-bond donors (Lipinski definition) is 2. The molecule has 0 bridgehead atoms. The van der Waals surface area contributed by atoms with Crippen LogP contribution in [0.4, 0.5) is 0 Å². The fourth-order valence-corrected chi connectivity index (χ4v) is 3.13. The van der Waals surface area contributed by atoms with E-state index in [4.69, 9.17) is 21.7 Å². The molecule has 6 nitrogen and oxygen atoms in total. The lowest BCUT2D eigenvalue weighted by Gasteiger charge is -2.12. The molecular formula is C25H32N2O4S. The Kier molecular flexibility index (Phi) is 11.2. The number of hydrogen-bond acceptors (Lipinski definition) is 5. The van der Waals surface area contributed by atoms with Crippen molar-refractivity contribution in [3.63, 3.8) is 0 Å². The molecule has 2 rings (SSSR count). The maximum absolute atomic E-state index is 12.0. The molecule has 2 N–H and O–H groups in total. The number of thiocarbonyl (C=S) groups is 1. The molecule has 32 heavy (non-hydrogen) atoms. The van der Waals surface area contributed by atoms with Gasteiger partial charge in [-0.25, -0.2) is 0 Å². The molecule has 0 aliphatic heterocycles. The molecular weight excluding hydrogens is 424 g/mol. The highest BCUT2D eigenvalue weighted by atomic mass is 32.1. The fourth-order valence-electron chi connectivity index (χ4n) is 2.95. The first-order chi connectivity index (χ1) is 15.4. The number of carbonyl (C=O) groups is 2. The van der Waals surface area contributed by atoms with Gasteiger partial charge in [0.05, 0.1) is 12.7 Å². The molecule has 2 aromatic rings. The summed E-state index contributed by atoms with van der Waals surface area (Å²) in [6.07, 6.45) is 2.62. The summed E-state index contributed by atoms with van der Waals surface area (Å²) >= 11 is 5.17. The maximum atomic E-state index is 12.0. The number of benzene rings is 2. The fraction of sp³-hybridized carbons (Fsp3) is 0.400. The first-order valence-corrected chi connectivity index (χ1v) is 11.4. The Bertz CT molecular complexity index is 854. The monoisotopic (exact) mass is 456 g/mol. The van der Waals surface area contributed by atoms with Crippen molar-refractivity contribution in [2.45, 2.75) is 58.6 Å². The van der Waals surface area contributed by atoms with E-state index < -0.39 is 0 Å². The van der Waals surface area contributed by atoms with Gasteiger partial charge < -0.3 is 20.1 Å². The van der Waals surface area contributed by atoms with Crippen LogP contribution >= 0.6 is 12.2 Å². The number of esters is 1. The van der Waals surface area contributed by atoms with Gasteiger partial charge in [-0.1, -0.05) is 42.5 Å². The van der Waals surface area contributed by atoms with Crippen LogP contribution in [0, 0.1) is 0 Å². The van der Waals surface area contributed by atoms with Crippen LogP contribution in [0.1, 0.15) is 50.7 Å². The molecule has 0 heterocycles. The zero-order valence-corrected chi connectivity index (χ0v) is 19.6. The molecule has 0 unspecified atom stereocenters. The van der Waals surface area contributed by atoms with Gasteiger partial charge in [-0.3, -0.25) is 9.59 Å². The first kappa shape index (κ1) is 25.3. The molecule has 1 amide bonds. The summed E-state index contributed by atoms with van der Waals surface area (Å²) in [6, 6.07) is 17.8. The van der Waals surface area contributed by atoms with Crippen LogP contribution in [-0.2, 0) is 27.3 Å². The van der Waals surface area contributed by atoms with E-state index in [2.05, 4.69) is 22.8 Å². The van der Waals surface area contributed by atoms with E-state index in [-0.39, 0.29) is 35.9 Å². The molecule has 0 radical (unpaired) electrons. The van der Waals surface area contributed by atoms with Gasteiger partial charge in [0.1, 0.15) is 5.75 Å². The van der Waals surface area contributed by atoms with Crippen molar-refractivity contribution < 1.29 is 19.1 Å². The van der Waals surface area contributed by atoms with Gasteiger partial charge in [-0.15, -0.1) is 0 Å². The minimum absolute atomic E-state index is 0.128. The number of nitrogens with one attached hydrogen (secondary N) is 2. The van der Waals surface area contributed by atoms with Gasteiger partial charge in [0, 0.05) is 19.4 Å². The lowest BCUT2D eigenvalue weighted by atomic mass is 10.1. The summed E-state index contributed by atoms with van der Waals surface area (Å²) in [5, 5.41) is 5.91. The summed E-state index contributed by atoms with van der Waals surface area (Å²) in [5.41, 5.74) is 2.25. The minimum atomic E-state index is -0.281. The topological polar surface area (TPSA) is 76.7 Å². The molecule has 0 saturated heterocycles. The molecule has 7 heteroatoms. The predicted molar refractivity (Wildman–Crippen MR) is 129 cm³/mol. The lowest BCUT2D eigenvalue weighted by molar-refractivity contribution is -0.143. The Morgan fingerprint density at radius 3 is 2.34 bits per heavy atom. The zero-order chi connectivity index (χ0) is 23.2. The van der Waals surface area contributed by atoms with E-state index in [0.717, 1.165) is 24.2 Å². The average Bonchev–Trinajstić information content (AvgIpc) is 2.76. The Balaban J connectivity index is 1.53. The highest BCUT2D eigenvalue weighted by Gasteiger charge is 2.08. The number of carbonyl (C=O) groups excluding carboxylic acids is 2. The number of aryl methyl sites for hydroxylation is 1.